The van der Waals surface area contributed by atoms with E-state index in [1.54, 1.807) is 0 Å². The van der Waals surface area contributed by atoms with Crippen LogP contribution in [0.5, 0.6) is 5.88 Å². The number of hydrogen-bond acceptors (Lipinski definition) is 6. The maximum Gasteiger partial charge on any atom is 0.262 e. The lowest BCUT2D eigenvalue weighted by atomic mass is 9.90. The molecular weight excluding hydrogens is 296 g/mol. The fourth-order valence-corrected chi connectivity index (χ4v) is 2.60. The number of benzene rings is 1. The van der Waals surface area contributed by atoms with Gasteiger partial charge < -0.3 is 15.2 Å². The monoisotopic (exact) mass is 304 g/mol. The Kier molecular flexibility index (Phi) is 2.68. The van der Waals surface area contributed by atoms with Gasteiger partial charge in [-0.3, -0.25) is 19.4 Å². The molecule has 7 nitrogen and oxygen atoms in total. The number of H-pyrrole nitrogens is 2. The van der Waals surface area contributed by atoms with Gasteiger partial charge in [0.1, 0.15) is 5.56 Å². The highest BCUT2D eigenvalue weighted by Crippen LogP contribution is 2.38. The summed E-state index contributed by atoms with van der Waals surface area (Å²) in [6.07, 6.45) is 0. The number of nitrogens with one attached hydrogen (secondary N) is 2. The standard InChI is InChI=1S/C13H8N2O5S/c16-8-5-3-1-2-4-6(5)9(17)13(8,20)7-10(18)14-12(21)15-11(7)19/h1-4,20H,(H3,14,15,18,19,21). The van der Waals surface area contributed by atoms with Gasteiger partial charge in [0.2, 0.25) is 23.0 Å². The van der Waals surface area contributed by atoms with Crippen LogP contribution in [0.4, 0.5) is 0 Å². The summed E-state index contributed by atoms with van der Waals surface area (Å²) in [5, 5.41) is 20.3. The molecule has 4 N–H and O–H groups in total. The van der Waals surface area contributed by atoms with E-state index in [4.69, 9.17) is 0 Å². The smallest absolute Gasteiger partial charge is 0.262 e. The summed E-state index contributed by atoms with van der Waals surface area (Å²) in [7, 11) is 0. The van der Waals surface area contributed by atoms with Gasteiger partial charge in [-0.1, -0.05) is 24.3 Å². The highest BCUT2D eigenvalue weighted by Gasteiger charge is 2.56. The Morgan fingerprint density at radius 1 is 1.00 bits per heavy atom. The van der Waals surface area contributed by atoms with E-state index in [1.165, 1.54) is 24.3 Å². The van der Waals surface area contributed by atoms with Gasteiger partial charge in [-0.25, -0.2) is 0 Å². The molecule has 1 aromatic heterocycles. The van der Waals surface area contributed by atoms with Crippen molar-refractivity contribution in [1.29, 1.82) is 0 Å². The van der Waals surface area contributed by atoms with Crippen molar-refractivity contribution in [3.63, 3.8) is 0 Å². The third-order valence-corrected chi connectivity index (χ3v) is 3.56. The summed E-state index contributed by atoms with van der Waals surface area (Å²) in [6, 6.07) is 5.78. The van der Waals surface area contributed by atoms with Crippen molar-refractivity contribution in [3.05, 3.63) is 56.1 Å². The molecular formula is C13H8N2O5S. The molecule has 21 heavy (non-hydrogen) atoms. The number of ketones is 2. The van der Waals surface area contributed by atoms with Crippen molar-refractivity contribution in [2.75, 3.05) is 0 Å². The largest absolute Gasteiger partial charge is 0.494 e. The summed E-state index contributed by atoms with van der Waals surface area (Å²) in [5.74, 6) is -2.75. The van der Waals surface area contributed by atoms with Gasteiger partial charge in [0, 0.05) is 11.1 Å². The normalized spacial score (nSPS) is 16.0. The average molecular weight is 304 g/mol. The maximum atomic E-state index is 12.3. The summed E-state index contributed by atoms with van der Waals surface area (Å²) in [6.45, 7) is 0. The third-order valence-electron chi connectivity index (χ3n) is 3.36. The van der Waals surface area contributed by atoms with Gasteiger partial charge in [-0.15, -0.1) is 0 Å². The summed E-state index contributed by atoms with van der Waals surface area (Å²) in [4.78, 5) is 40.9. The first-order valence-corrected chi connectivity index (χ1v) is 6.25. The van der Waals surface area contributed by atoms with E-state index < -0.39 is 34.2 Å². The second-order valence-electron chi connectivity index (χ2n) is 4.55. The Labute approximate surface area is 121 Å². The Hall–Kier alpha value is -2.58. The number of aromatic amines is 2. The molecule has 0 bridgehead atoms. The molecule has 0 unspecified atom stereocenters. The van der Waals surface area contributed by atoms with Gasteiger partial charge in [0.25, 0.3) is 5.56 Å². The Balaban J connectivity index is 2.35. The lowest BCUT2D eigenvalue weighted by Crippen LogP contribution is -2.43. The maximum absolute atomic E-state index is 12.3. The molecule has 0 atom stereocenters. The van der Waals surface area contributed by atoms with Crippen LogP contribution in [0, 0.1) is 4.77 Å². The molecule has 1 heterocycles. The molecule has 0 radical (unpaired) electrons. The van der Waals surface area contributed by atoms with E-state index in [0.717, 1.165) is 0 Å². The number of aliphatic hydroxyl groups is 1. The van der Waals surface area contributed by atoms with Crippen LogP contribution in [0.2, 0.25) is 0 Å². The molecule has 1 aliphatic rings. The average Bonchev–Trinajstić information content (AvgIpc) is 2.61. The van der Waals surface area contributed by atoms with Crippen LogP contribution >= 0.6 is 12.2 Å². The summed E-state index contributed by atoms with van der Waals surface area (Å²) in [5.41, 5.74) is -4.55. The molecule has 0 spiro atoms. The molecule has 0 aliphatic heterocycles. The first kappa shape index (κ1) is 13.4. The number of carbonyl (C=O) groups is 2. The van der Waals surface area contributed by atoms with Crippen molar-refractivity contribution in [2.24, 2.45) is 0 Å². The fraction of sp³-hybridized carbons (Fsp3) is 0.0769. The number of Topliss-reactive ketones (excluding diaryl/α,β-unsaturated/α-hetero) is 2. The minimum absolute atomic E-state index is 0.00810. The molecule has 0 saturated heterocycles. The van der Waals surface area contributed by atoms with Gasteiger partial charge in [0.15, 0.2) is 4.77 Å². The summed E-state index contributed by atoms with van der Waals surface area (Å²) < 4.78 is -0.194. The van der Waals surface area contributed by atoms with Crippen molar-refractivity contribution in [2.45, 2.75) is 5.60 Å². The first-order chi connectivity index (χ1) is 9.87. The van der Waals surface area contributed by atoms with E-state index >= 15 is 0 Å². The molecule has 2 aromatic rings. The number of hydrogen-bond donors (Lipinski definition) is 4. The molecule has 0 amide bonds. The zero-order valence-electron chi connectivity index (χ0n) is 10.3. The van der Waals surface area contributed by atoms with Crippen LogP contribution in [0.25, 0.3) is 0 Å². The van der Waals surface area contributed by atoms with Crippen molar-refractivity contribution < 1.29 is 19.8 Å². The SMILES string of the molecule is O=C1c2ccccc2C(=O)C1(O)c1c(O)[nH]c(=S)[nH]c1=O. The van der Waals surface area contributed by atoms with Gasteiger partial charge in [-0.2, -0.15) is 0 Å². The molecule has 1 aromatic carbocycles. The van der Waals surface area contributed by atoms with Gasteiger partial charge in [0.05, 0.1) is 0 Å². The minimum atomic E-state index is -2.76. The van der Waals surface area contributed by atoms with Crippen LogP contribution < -0.4 is 5.56 Å². The number of fused-ring (bicyclic) bond motifs is 1. The Bertz CT molecular complexity index is 876. The van der Waals surface area contributed by atoms with Gasteiger partial charge >= 0.3 is 0 Å². The topological polar surface area (TPSA) is 123 Å². The van der Waals surface area contributed by atoms with Crippen LogP contribution in [0.1, 0.15) is 26.3 Å². The van der Waals surface area contributed by atoms with Crippen molar-refractivity contribution in [3.8, 4) is 5.88 Å². The van der Waals surface area contributed by atoms with Crippen molar-refractivity contribution >= 4 is 23.8 Å². The summed E-state index contributed by atoms with van der Waals surface area (Å²) >= 11 is 4.66. The van der Waals surface area contributed by atoms with Crippen LogP contribution in [0.15, 0.2) is 29.1 Å². The zero-order valence-corrected chi connectivity index (χ0v) is 11.2. The molecule has 1 aliphatic carbocycles. The lowest BCUT2D eigenvalue weighted by Gasteiger charge is -2.18. The fourth-order valence-electron chi connectivity index (χ4n) is 2.41. The highest BCUT2D eigenvalue weighted by molar-refractivity contribution is 7.71. The third kappa shape index (κ3) is 1.63. The van der Waals surface area contributed by atoms with Crippen LogP contribution in [0.3, 0.4) is 0 Å². The molecule has 106 valence electrons. The van der Waals surface area contributed by atoms with Gasteiger partial charge in [-0.05, 0) is 12.2 Å². The molecule has 8 heteroatoms. The zero-order chi connectivity index (χ0) is 15.4. The van der Waals surface area contributed by atoms with E-state index in [0.29, 0.717) is 0 Å². The lowest BCUT2D eigenvalue weighted by molar-refractivity contribution is 0.0304. The number of aromatic hydroxyl groups is 1. The van der Waals surface area contributed by atoms with E-state index in [-0.39, 0.29) is 15.9 Å². The van der Waals surface area contributed by atoms with E-state index in [2.05, 4.69) is 22.2 Å². The van der Waals surface area contributed by atoms with E-state index in [9.17, 15) is 24.6 Å². The highest BCUT2D eigenvalue weighted by atomic mass is 32.1. The molecule has 0 fully saturated rings. The van der Waals surface area contributed by atoms with Crippen LogP contribution in [-0.4, -0.2) is 31.7 Å². The molecule has 0 saturated carbocycles. The predicted molar refractivity (Wildman–Crippen MR) is 72.9 cm³/mol. The molecule has 3 rings (SSSR count). The second kappa shape index (κ2) is 4.21. The predicted octanol–water partition coefficient (Wildman–Crippen LogP) is 0.405. The number of rotatable bonds is 1. The minimum Gasteiger partial charge on any atom is -0.494 e. The van der Waals surface area contributed by atoms with Crippen LogP contribution in [-0.2, 0) is 5.60 Å². The number of carbonyl (C=O) groups excluding carboxylic acids is 2. The van der Waals surface area contributed by atoms with E-state index in [1.807, 2.05) is 0 Å². The first-order valence-electron chi connectivity index (χ1n) is 5.84. The Morgan fingerprint density at radius 2 is 1.52 bits per heavy atom. The second-order valence-corrected chi connectivity index (χ2v) is 4.95. The number of aromatic nitrogens is 2. The van der Waals surface area contributed by atoms with Crippen molar-refractivity contribution in [1.82, 2.24) is 9.97 Å². The Morgan fingerprint density at radius 3 is 2.00 bits per heavy atom. The quantitative estimate of drug-likeness (QED) is 0.447.